The zero-order chi connectivity index (χ0) is 12.8. The number of hydrogen-bond donors (Lipinski definition) is 0. The molecule has 0 spiro atoms. The highest BCUT2D eigenvalue weighted by Crippen LogP contribution is 2.21. The lowest BCUT2D eigenvalue weighted by atomic mass is 10.1. The van der Waals surface area contributed by atoms with Gasteiger partial charge in [-0.2, -0.15) is 0 Å². The molecule has 0 aliphatic rings. The Morgan fingerprint density at radius 3 is 2.17 bits per heavy atom. The van der Waals surface area contributed by atoms with Crippen molar-refractivity contribution in [2.75, 3.05) is 27.2 Å². The van der Waals surface area contributed by atoms with Gasteiger partial charge >= 0.3 is 0 Å². The maximum atomic E-state index is 5.65. The van der Waals surface area contributed by atoms with E-state index in [1.807, 2.05) is 38.4 Å². The maximum absolute atomic E-state index is 5.65. The number of benzene rings is 1. The zero-order valence-electron chi connectivity index (χ0n) is 10.8. The van der Waals surface area contributed by atoms with Gasteiger partial charge in [0.25, 0.3) is 0 Å². The molecule has 1 aromatic carbocycles. The first kappa shape index (κ1) is 12.6. The van der Waals surface area contributed by atoms with E-state index in [2.05, 4.69) is 22.0 Å². The quantitative estimate of drug-likeness (QED) is 0.806. The van der Waals surface area contributed by atoms with Gasteiger partial charge in [0.2, 0.25) is 0 Å². The molecule has 1 heterocycles. The third-order valence-corrected chi connectivity index (χ3v) is 2.68. The fraction of sp³-hybridized carbons (Fsp3) is 0.267. The highest BCUT2D eigenvalue weighted by atomic mass is 16.5. The summed E-state index contributed by atoms with van der Waals surface area (Å²) in [6, 6.07) is 12.2. The number of likely N-dealkylation sites (N-methyl/N-ethyl adjacent to an activating group) is 1. The lowest BCUT2D eigenvalue weighted by molar-refractivity contribution is 0.261. The number of ether oxygens (including phenoxy) is 1. The molecule has 94 valence electrons. The average molecular weight is 242 g/mol. The molecule has 0 bridgehead atoms. The van der Waals surface area contributed by atoms with E-state index in [-0.39, 0.29) is 0 Å². The van der Waals surface area contributed by atoms with E-state index in [4.69, 9.17) is 4.74 Å². The van der Waals surface area contributed by atoms with E-state index in [0.29, 0.717) is 6.61 Å². The molecule has 0 amide bonds. The predicted molar refractivity (Wildman–Crippen MR) is 73.7 cm³/mol. The third-order valence-electron chi connectivity index (χ3n) is 2.68. The van der Waals surface area contributed by atoms with Gasteiger partial charge in [0.05, 0.1) is 0 Å². The monoisotopic (exact) mass is 242 g/mol. The van der Waals surface area contributed by atoms with Crippen molar-refractivity contribution >= 4 is 0 Å². The molecule has 0 saturated carbocycles. The van der Waals surface area contributed by atoms with Crippen molar-refractivity contribution in [3.63, 3.8) is 0 Å². The van der Waals surface area contributed by atoms with Crippen molar-refractivity contribution < 1.29 is 4.74 Å². The van der Waals surface area contributed by atoms with Gasteiger partial charge in [-0.1, -0.05) is 12.1 Å². The zero-order valence-corrected chi connectivity index (χ0v) is 10.8. The molecule has 1 aromatic heterocycles. The summed E-state index contributed by atoms with van der Waals surface area (Å²) in [4.78, 5) is 6.12. The molecule has 18 heavy (non-hydrogen) atoms. The molecule has 0 aliphatic heterocycles. The van der Waals surface area contributed by atoms with Gasteiger partial charge in [0.15, 0.2) is 0 Å². The molecular formula is C15H18N2O. The van der Waals surface area contributed by atoms with Crippen molar-refractivity contribution in [1.82, 2.24) is 9.88 Å². The summed E-state index contributed by atoms with van der Waals surface area (Å²) in [5, 5.41) is 0. The summed E-state index contributed by atoms with van der Waals surface area (Å²) in [6.45, 7) is 1.63. The molecule has 0 radical (unpaired) electrons. The van der Waals surface area contributed by atoms with Crippen LogP contribution >= 0.6 is 0 Å². The molecule has 0 aliphatic carbocycles. The molecular weight excluding hydrogens is 224 g/mol. The van der Waals surface area contributed by atoms with Crippen LogP contribution in [0.5, 0.6) is 5.75 Å². The first-order chi connectivity index (χ1) is 8.75. The second kappa shape index (κ2) is 6.17. The topological polar surface area (TPSA) is 25.4 Å². The first-order valence-electron chi connectivity index (χ1n) is 6.04. The molecule has 0 atom stereocenters. The highest BCUT2D eigenvalue weighted by Gasteiger charge is 1.98. The van der Waals surface area contributed by atoms with E-state index >= 15 is 0 Å². The number of nitrogens with zero attached hydrogens (tertiary/aromatic N) is 2. The minimum Gasteiger partial charge on any atom is -0.492 e. The van der Waals surface area contributed by atoms with Gasteiger partial charge in [0, 0.05) is 18.9 Å². The van der Waals surface area contributed by atoms with Crippen LogP contribution in [0.3, 0.4) is 0 Å². The van der Waals surface area contributed by atoms with Gasteiger partial charge in [-0.15, -0.1) is 0 Å². The van der Waals surface area contributed by atoms with Gasteiger partial charge in [0.1, 0.15) is 12.4 Å². The van der Waals surface area contributed by atoms with Crippen LogP contribution in [-0.4, -0.2) is 37.1 Å². The number of hydrogen-bond acceptors (Lipinski definition) is 3. The molecule has 0 N–H and O–H groups in total. The van der Waals surface area contributed by atoms with Crippen LogP contribution in [0.25, 0.3) is 11.1 Å². The summed E-state index contributed by atoms with van der Waals surface area (Å²) in [6.07, 6.45) is 3.60. The smallest absolute Gasteiger partial charge is 0.119 e. The summed E-state index contributed by atoms with van der Waals surface area (Å²) in [5.74, 6) is 0.912. The highest BCUT2D eigenvalue weighted by molar-refractivity contribution is 5.63. The molecule has 0 unspecified atom stereocenters. The van der Waals surface area contributed by atoms with Gasteiger partial charge in [-0.3, -0.25) is 4.98 Å². The van der Waals surface area contributed by atoms with Crippen LogP contribution in [0.1, 0.15) is 0 Å². The largest absolute Gasteiger partial charge is 0.492 e. The van der Waals surface area contributed by atoms with Gasteiger partial charge in [-0.05, 0) is 49.5 Å². The lowest BCUT2D eigenvalue weighted by Gasteiger charge is -2.11. The maximum Gasteiger partial charge on any atom is 0.119 e. The second-order valence-corrected chi connectivity index (χ2v) is 4.41. The van der Waals surface area contributed by atoms with Crippen molar-refractivity contribution in [3.8, 4) is 16.9 Å². The van der Waals surface area contributed by atoms with E-state index in [1.54, 1.807) is 12.4 Å². The summed E-state index contributed by atoms with van der Waals surface area (Å²) < 4.78 is 5.65. The van der Waals surface area contributed by atoms with E-state index in [0.717, 1.165) is 12.3 Å². The fourth-order valence-electron chi connectivity index (χ4n) is 1.63. The van der Waals surface area contributed by atoms with Crippen LogP contribution in [0.4, 0.5) is 0 Å². The summed E-state index contributed by atoms with van der Waals surface area (Å²) in [7, 11) is 4.08. The van der Waals surface area contributed by atoms with Crippen LogP contribution < -0.4 is 4.74 Å². The van der Waals surface area contributed by atoms with Crippen molar-refractivity contribution in [3.05, 3.63) is 48.8 Å². The van der Waals surface area contributed by atoms with E-state index < -0.39 is 0 Å². The van der Waals surface area contributed by atoms with Gasteiger partial charge in [-0.25, -0.2) is 0 Å². The minimum atomic E-state index is 0.710. The Balaban J connectivity index is 1.98. The Bertz CT molecular complexity index is 466. The van der Waals surface area contributed by atoms with Crippen LogP contribution in [-0.2, 0) is 0 Å². The number of aromatic nitrogens is 1. The third kappa shape index (κ3) is 3.57. The molecule has 3 heteroatoms. The molecule has 0 saturated heterocycles. The Labute approximate surface area is 108 Å². The molecule has 3 nitrogen and oxygen atoms in total. The van der Waals surface area contributed by atoms with Gasteiger partial charge < -0.3 is 9.64 Å². The second-order valence-electron chi connectivity index (χ2n) is 4.41. The lowest BCUT2D eigenvalue weighted by Crippen LogP contribution is -2.19. The molecule has 2 rings (SSSR count). The van der Waals surface area contributed by atoms with E-state index in [1.165, 1.54) is 11.1 Å². The Morgan fingerprint density at radius 1 is 0.944 bits per heavy atom. The Hall–Kier alpha value is -1.87. The average Bonchev–Trinajstić information content (AvgIpc) is 2.40. The predicted octanol–water partition coefficient (Wildman–Crippen LogP) is 2.69. The molecule has 2 aromatic rings. The van der Waals surface area contributed by atoms with Crippen LogP contribution in [0.15, 0.2) is 48.8 Å². The van der Waals surface area contributed by atoms with Crippen LogP contribution in [0, 0.1) is 0 Å². The first-order valence-corrected chi connectivity index (χ1v) is 6.04. The van der Waals surface area contributed by atoms with Crippen molar-refractivity contribution in [2.45, 2.75) is 0 Å². The normalized spacial score (nSPS) is 10.6. The Kier molecular flexibility index (Phi) is 4.31. The summed E-state index contributed by atoms with van der Waals surface area (Å²) in [5.41, 5.74) is 2.35. The fourth-order valence-corrected chi connectivity index (χ4v) is 1.63. The molecule has 0 fully saturated rings. The SMILES string of the molecule is CN(C)CCOc1ccc(-c2ccncc2)cc1. The minimum absolute atomic E-state index is 0.710. The van der Waals surface area contributed by atoms with Crippen molar-refractivity contribution in [2.24, 2.45) is 0 Å². The van der Waals surface area contributed by atoms with E-state index in [9.17, 15) is 0 Å². The van der Waals surface area contributed by atoms with Crippen LogP contribution in [0.2, 0.25) is 0 Å². The number of pyridine rings is 1. The Morgan fingerprint density at radius 2 is 1.56 bits per heavy atom. The summed E-state index contributed by atoms with van der Waals surface area (Å²) >= 11 is 0. The van der Waals surface area contributed by atoms with Crippen molar-refractivity contribution in [1.29, 1.82) is 0 Å². The number of rotatable bonds is 5. The standard InChI is InChI=1S/C15H18N2O/c1-17(2)11-12-18-15-5-3-13(4-6-15)14-7-9-16-10-8-14/h3-10H,11-12H2,1-2H3.